The molecule has 2 nitrogen and oxygen atoms in total. The smallest absolute Gasteiger partial charge is 0.203 e. The third kappa shape index (κ3) is 1.55. The van der Waals surface area contributed by atoms with Gasteiger partial charge in [-0.2, -0.15) is 0 Å². The largest absolute Gasteiger partial charge is 0.485 e. The monoisotopic (exact) mass is 154 g/mol. The summed E-state index contributed by atoms with van der Waals surface area (Å²) in [5.41, 5.74) is 0.212. The molecule has 0 radical (unpaired) electrons. The van der Waals surface area contributed by atoms with Crippen molar-refractivity contribution in [2.45, 2.75) is 0 Å². The molecule has 1 aliphatic heterocycles. The van der Waals surface area contributed by atoms with Gasteiger partial charge in [0.05, 0.1) is 5.57 Å². The summed E-state index contributed by atoms with van der Waals surface area (Å²) in [7, 11) is 0. The minimum Gasteiger partial charge on any atom is -0.485 e. The van der Waals surface area contributed by atoms with Crippen LogP contribution in [0, 0.1) is 0 Å². The van der Waals surface area contributed by atoms with Gasteiger partial charge in [-0.1, -0.05) is 13.2 Å². The van der Waals surface area contributed by atoms with Gasteiger partial charge < -0.3 is 4.74 Å². The Bertz CT molecular complexity index is 263. The van der Waals surface area contributed by atoms with E-state index in [4.69, 9.17) is 4.74 Å². The zero-order chi connectivity index (χ0) is 8.43. The molecule has 1 saturated heterocycles. The standard InChI is InChI=1S/C8H7FO2/c1-5(9)3-8-6(2)7(10)4-11-8/h3H,1-2,4H2/b8-3+. The van der Waals surface area contributed by atoms with Gasteiger partial charge in [0.2, 0.25) is 5.78 Å². The number of carbonyl (C=O) groups excluding carboxylic acids is 1. The van der Waals surface area contributed by atoms with Crippen LogP contribution >= 0.6 is 0 Å². The lowest BCUT2D eigenvalue weighted by atomic mass is 10.2. The second-order valence-electron chi connectivity index (χ2n) is 2.15. The van der Waals surface area contributed by atoms with E-state index in [1.54, 1.807) is 0 Å². The van der Waals surface area contributed by atoms with Gasteiger partial charge in [-0.3, -0.25) is 4.79 Å². The molecule has 1 rings (SSSR count). The molecule has 0 aromatic heterocycles. The third-order valence-corrected chi connectivity index (χ3v) is 1.28. The lowest BCUT2D eigenvalue weighted by Crippen LogP contribution is -1.94. The molecule has 0 spiro atoms. The van der Waals surface area contributed by atoms with Gasteiger partial charge in [-0.25, -0.2) is 4.39 Å². The fraction of sp³-hybridized carbons (Fsp3) is 0.125. The summed E-state index contributed by atoms with van der Waals surface area (Å²) in [5, 5.41) is 0. The van der Waals surface area contributed by atoms with E-state index in [1.165, 1.54) is 0 Å². The molecule has 1 fully saturated rings. The van der Waals surface area contributed by atoms with E-state index < -0.39 is 5.83 Å². The van der Waals surface area contributed by atoms with E-state index in [-0.39, 0.29) is 23.7 Å². The van der Waals surface area contributed by atoms with Crippen LogP contribution in [0.25, 0.3) is 0 Å². The van der Waals surface area contributed by atoms with Crippen molar-refractivity contribution in [1.82, 2.24) is 0 Å². The highest BCUT2D eigenvalue weighted by atomic mass is 19.1. The highest BCUT2D eigenvalue weighted by Crippen LogP contribution is 2.20. The van der Waals surface area contributed by atoms with E-state index in [0.29, 0.717) is 0 Å². The number of halogens is 1. The second kappa shape index (κ2) is 2.70. The van der Waals surface area contributed by atoms with E-state index in [0.717, 1.165) is 6.08 Å². The zero-order valence-electron chi connectivity index (χ0n) is 5.89. The Morgan fingerprint density at radius 3 is 2.73 bits per heavy atom. The summed E-state index contributed by atoms with van der Waals surface area (Å²) in [5.74, 6) is -0.671. The SMILES string of the molecule is C=C(F)/C=C1/OCC(=O)C1=C. The fourth-order valence-corrected chi connectivity index (χ4v) is 0.726. The Hall–Kier alpha value is -1.38. The van der Waals surface area contributed by atoms with Crippen molar-refractivity contribution >= 4 is 5.78 Å². The van der Waals surface area contributed by atoms with Gasteiger partial charge in [0.15, 0.2) is 6.61 Å². The van der Waals surface area contributed by atoms with Crippen molar-refractivity contribution in [2.24, 2.45) is 0 Å². The molecule has 1 heterocycles. The summed E-state index contributed by atoms with van der Waals surface area (Å²) in [6, 6.07) is 0. The molecule has 11 heavy (non-hydrogen) atoms. The van der Waals surface area contributed by atoms with Crippen LogP contribution in [-0.4, -0.2) is 12.4 Å². The number of carbonyl (C=O) groups is 1. The first-order chi connectivity index (χ1) is 5.11. The third-order valence-electron chi connectivity index (χ3n) is 1.28. The van der Waals surface area contributed by atoms with Crippen LogP contribution in [0.5, 0.6) is 0 Å². The Balaban J connectivity index is 2.85. The average Bonchev–Trinajstić information content (AvgIpc) is 2.18. The van der Waals surface area contributed by atoms with E-state index in [9.17, 15) is 9.18 Å². The van der Waals surface area contributed by atoms with Gasteiger partial charge in [0, 0.05) is 6.08 Å². The van der Waals surface area contributed by atoms with Crippen LogP contribution < -0.4 is 0 Å². The first kappa shape index (κ1) is 7.72. The maximum atomic E-state index is 12.2. The molecular formula is C8H7FO2. The fourth-order valence-electron chi connectivity index (χ4n) is 0.726. The molecule has 0 aromatic rings. The zero-order valence-corrected chi connectivity index (χ0v) is 5.89. The molecule has 1 aliphatic rings. The predicted octanol–water partition coefficient (Wildman–Crippen LogP) is 1.51. The van der Waals surface area contributed by atoms with Crippen LogP contribution in [0.4, 0.5) is 4.39 Å². The first-order valence-corrected chi connectivity index (χ1v) is 3.02. The van der Waals surface area contributed by atoms with Crippen LogP contribution in [0.2, 0.25) is 0 Å². The maximum absolute atomic E-state index is 12.2. The van der Waals surface area contributed by atoms with E-state index in [2.05, 4.69) is 13.2 Å². The van der Waals surface area contributed by atoms with Crippen molar-refractivity contribution in [2.75, 3.05) is 6.61 Å². The molecule has 0 atom stereocenters. The summed E-state index contributed by atoms with van der Waals surface area (Å²) < 4.78 is 16.9. The van der Waals surface area contributed by atoms with Crippen LogP contribution in [0.15, 0.2) is 36.4 Å². The quantitative estimate of drug-likeness (QED) is 0.535. The number of hydrogen-bond donors (Lipinski definition) is 0. The number of ether oxygens (including phenoxy) is 1. The number of ketones is 1. The number of allylic oxidation sites excluding steroid dienone is 3. The maximum Gasteiger partial charge on any atom is 0.203 e. The molecular weight excluding hydrogens is 147 g/mol. The first-order valence-electron chi connectivity index (χ1n) is 3.02. The Kier molecular flexibility index (Phi) is 1.89. The lowest BCUT2D eigenvalue weighted by Gasteiger charge is -1.93. The predicted molar refractivity (Wildman–Crippen MR) is 38.4 cm³/mol. The minimum atomic E-state index is -0.643. The summed E-state index contributed by atoms with van der Waals surface area (Å²) >= 11 is 0. The van der Waals surface area contributed by atoms with Crippen molar-refractivity contribution in [3.63, 3.8) is 0 Å². The summed E-state index contributed by atoms with van der Waals surface area (Å²) in [6.45, 7) is 6.38. The molecule has 3 heteroatoms. The van der Waals surface area contributed by atoms with Crippen LogP contribution in [-0.2, 0) is 9.53 Å². The van der Waals surface area contributed by atoms with Crippen molar-refractivity contribution in [1.29, 1.82) is 0 Å². The molecule has 0 N–H and O–H groups in total. The Morgan fingerprint density at radius 2 is 2.36 bits per heavy atom. The summed E-state index contributed by atoms with van der Waals surface area (Å²) in [4.78, 5) is 10.7. The Labute approximate surface area is 63.7 Å². The molecule has 0 saturated carbocycles. The van der Waals surface area contributed by atoms with Gasteiger partial charge >= 0.3 is 0 Å². The second-order valence-corrected chi connectivity index (χ2v) is 2.15. The summed E-state index contributed by atoms with van der Waals surface area (Å²) in [6.07, 6.45) is 1.05. The van der Waals surface area contributed by atoms with E-state index in [1.807, 2.05) is 0 Å². The van der Waals surface area contributed by atoms with Gasteiger partial charge in [0.25, 0.3) is 0 Å². The van der Waals surface area contributed by atoms with E-state index >= 15 is 0 Å². The van der Waals surface area contributed by atoms with Gasteiger partial charge in [0.1, 0.15) is 11.6 Å². The number of rotatable bonds is 1. The highest BCUT2D eigenvalue weighted by molar-refractivity contribution is 6.01. The average molecular weight is 154 g/mol. The Morgan fingerprint density at radius 1 is 1.73 bits per heavy atom. The molecule has 0 aliphatic carbocycles. The van der Waals surface area contributed by atoms with Gasteiger partial charge in [-0.15, -0.1) is 0 Å². The van der Waals surface area contributed by atoms with Crippen LogP contribution in [0.3, 0.4) is 0 Å². The van der Waals surface area contributed by atoms with Crippen molar-refractivity contribution < 1.29 is 13.9 Å². The number of hydrogen-bond acceptors (Lipinski definition) is 2. The lowest BCUT2D eigenvalue weighted by molar-refractivity contribution is -0.115. The topological polar surface area (TPSA) is 26.3 Å². The normalized spacial score (nSPS) is 20.6. The molecule has 0 unspecified atom stereocenters. The van der Waals surface area contributed by atoms with Crippen LogP contribution in [0.1, 0.15) is 0 Å². The van der Waals surface area contributed by atoms with Gasteiger partial charge in [-0.05, 0) is 0 Å². The van der Waals surface area contributed by atoms with Crippen molar-refractivity contribution in [3.8, 4) is 0 Å². The highest BCUT2D eigenvalue weighted by Gasteiger charge is 2.21. The molecule has 0 bridgehead atoms. The molecule has 0 amide bonds. The van der Waals surface area contributed by atoms with Crippen molar-refractivity contribution in [3.05, 3.63) is 36.4 Å². The number of Topliss-reactive ketones (excluding diaryl/α,β-unsaturated/α-hetero) is 1. The molecule has 58 valence electrons. The minimum absolute atomic E-state index is 0.0437. The molecule has 0 aromatic carbocycles.